The number of anilines is 3. The molecule has 0 N–H and O–H groups in total. The van der Waals surface area contributed by atoms with Crippen LogP contribution in [0.15, 0.2) is 23.7 Å². The van der Waals surface area contributed by atoms with Crippen LogP contribution in [0.1, 0.15) is 125 Å². The van der Waals surface area contributed by atoms with Gasteiger partial charge in [-0.1, -0.05) is 86.0 Å². The first-order valence-corrected chi connectivity index (χ1v) is 18.5. The lowest BCUT2D eigenvalue weighted by Crippen LogP contribution is -2.28. The van der Waals surface area contributed by atoms with Crippen molar-refractivity contribution in [2.75, 3.05) is 75.3 Å². The zero-order valence-electron chi connectivity index (χ0n) is 30.9. The van der Waals surface area contributed by atoms with Gasteiger partial charge in [-0.25, -0.2) is 0 Å². The van der Waals surface area contributed by atoms with Gasteiger partial charge < -0.3 is 28.9 Å². The third-order valence-electron chi connectivity index (χ3n) is 8.60. The van der Waals surface area contributed by atoms with Gasteiger partial charge >= 0.3 is 0 Å². The van der Waals surface area contributed by atoms with E-state index in [-0.39, 0.29) is 12.0 Å². The summed E-state index contributed by atoms with van der Waals surface area (Å²) in [6, 6.07) is 0. The van der Waals surface area contributed by atoms with Crippen LogP contribution in [0.2, 0.25) is 0 Å². The highest BCUT2D eigenvalue weighted by Crippen LogP contribution is 2.28. The van der Waals surface area contributed by atoms with Crippen LogP contribution in [0.5, 0.6) is 0 Å². The van der Waals surface area contributed by atoms with Crippen LogP contribution in [-0.2, 0) is 14.2 Å². The molecule has 0 radical (unpaired) electrons. The zero-order chi connectivity index (χ0) is 33.6. The zero-order valence-corrected chi connectivity index (χ0v) is 30.9. The van der Waals surface area contributed by atoms with Crippen molar-refractivity contribution in [2.24, 2.45) is 5.92 Å². The molecule has 1 aliphatic carbocycles. The Morgan fingerprint density at radius 3 is 1.57 bits per heavy atom. The van der Waals surface area contributed by atoms with Gasteiger partial charge in [-0.05, 0) is 44.6 Å². The summed E-state index contributed by atoms with van der Waals surface area (Å²) < 4.78 is 18.5. The van der Waals surface area contributed by atoms with Gasteiger partial charge in [0.1, 0.15) is 11.5 Å². The van der Waals surface area contributed by atoms with Gasteiger partial charge in [-0.15, -0.1) is 0 Å². The quantitative estimate of drug-likeness (QED) is 0.0876. The van der Waals surface area contributed by atoms with Gasteiger partial charge in [-0.2, -0.15) is 15.0 Å². The van der Waals surface area contributed by atoms with Gasteiger partial charge in [0.25, 0.3) is 0 Å². The normalized spacial score (nSPS) is 16.2. The Hall–Kier alpha value is -2.55. The second-order valence-corrected chi connectivity index (χ2v) is 13.0. The number of ether oxygens (including phenoxy) is 3. The Morgan fingerprint density at radius 2 is 1.02 bits per heavy atom. The molecule has 1 aliphatic rings. The van der Waals surface area contributed by atoms with E-state index in [2.05, 4.69) is 82.6 Å². The molecule has 0 spiro atoms. The molecule has 0 saturated heterocycles. The van der Waals surface area contributed by atoms with E-state index < -0.39 is 0 Å². The molecule has 1 aromatic rings. The number of hydrogen-bond acceptors (Lipinski definition) is 9. The summed E-state index contributed by atoms with van der Waals surface area (Å²) in [6.45, 7) is 16.1. The van der Waals surface area contributed by atoms with E-state index in [0.717, 1.165) is 133 Å². The van der Waals surface area contributed by atoms with Crippen LogP contribution in [0.4, 0.5) is 17.8 Å². The number of allylic oxidation sites excluding steroid dienone is 1. The molecule has 9 heteroatoms. The Morgan fingerprint density at radius 1 is 0.565 bits per heavy atom. The van der Waals surface area contributed by atoms with Crippen molar-refractivity contribution in [3.8, 4) is 0 Å². The van der Waals surface area contributed by atoms with Gasteiger partial charge in [0.15, 0.2) is 0 Å². The van der Waals surface area contributed by atoms with Gasteiger partial charge in [-0.3, -0.25) is 0 Å². The molecule has 0 fully saturated rings. The molecule has 1 aromatic heterocycles. The maximum Gasteiger partial charge on any atom is 0.231 e. The highest BCUT2D eigenvalue weighted by Gasteiger charge is 2.26. The Balaban J connectivity index is 1.77. The van der Waals surface area contributed by atoms with Crippen LogP contribution in [-0.4, -0.2) is 81.7 Å². The molecular formula is C37H68N6O3. The van der Waals surface area contributed by atoms with Crippen molar-refractivity contribution >= 4 is 17.8 Å². The molecule has 2 atom stereocenters. The average molecular weight is 645 g/mol. The fourth-order valence-corrected chi connectivity index (χ4v) is 5.24. The lowest BCUT2D eigenvalue weighted by atomic mass is 9.96. The Labute approximate surface area is 282 Å². The minimum atomic E-state index is 0.0148. The van der Waals surface area contributed by atoms with E-state index in [9.17, 15) is 0 Å². The molecule has 46 heavy (non-hydrogen) atoms. The second kappa shape index (κ2) is 23.7. The van der Waals surface area contributed by atoms with Crippen molar-refractivity contribution in [1.82, 2.24) is 15.0 Å². The predicted molar refractivity (Wildman–Crippen MR) is 194 cm³/mol. The van der Waals surface area contributed by atoms with Crippen LogP contribution in [0.25, 0.3) is 0 Å². The van der Waals surface area contributed by atoms with E-state index in [1.807, 2.05) is 0 Å². The predicted octanol–water partition coefficient (Wildman–Crippen LogP) is 8.56. The summed E-state index contributed by atoms with van der Waals surface area (Å²) in [6.07, 6.45) is 20.2. The third-order valence-corrected chi connectivity index (χ3v) is 8.60. The summed E-state index contributed by atoms with van der Waals surface area (Å²) in [4.78, 5) is 21.0. The Kier molecular flexibility index (Phi) is 20.4. The molecule has 0 aromatic carbocycles. The Bertz CT molecular complexity index is 971. The largest absolute Gasteiger partial charge is 0.497 e. The van der Waals surface area contributed by atoms with Gasteiger partial charge in [0.2, 0.25) is 17.8 Å². The molecule has 2 rings (SSSR count). The number of rotatable bonds is 27. The van der Waals surface area contributed by atoms with Crippen molar-refractivity contribution in [3.63, 3.8) is 0 Å². The average Bonchev–Trinajstić information content (AvgIpc) is 3.06. The monoisotopic (exact) mass is 645 g/mol. The molecule has 0 amide bonds. The first-order valence-electron chi connectivity index (χ1n) is 18.5. The van der Waals surface area contributed by atoms with E-state index in [4.69, 9.17) is 29.2 Å². The van der Waals surface area contributed by atoms with Crippen molar-refractivity contribution in [3.05, 3.63) is 23.7 Å². The van der Waals surface area contributed by atoms with Crippen LogP contribution < -0.4 is 14.7 Å². The SMILES string of the molecule is CCCCOC1=CC(OCCCC)C(C)C(OCCCCCCCCN(C)c2nc(N(C)CCCC)nc(N(C)CCCC)n2)=C1. The first-order chi connectivity index (χ1) is 22.3. The molecule has 1 heterocycles. The van der Waals surface area contributed by atoms with E-state index in [1.165, 1.54) is 25.7 Å². The van der Waals surface area contributed by atoms with Crippen LogP contribution >= 0.6 is 0 Å². The minimum Gasteiger partial charge on any atom is -0.497 e. The van der Waals surface area contributed by atoms with E-state index in [0.29, 0.717) is 0 Å². The molecule has 2 unspecified atom stereocenters. The maximum absolute atomic E-state index is 6.30. The van der Waals surface area contributed by atoms with Crippen molar-refractivity contribution in [2.45, 2.75) is 131 Å². The van der Waals surface area contributed by atoms with E-state index in [1.54, 1.807) is 0 Å². The number of unbranched alkanes of at least 4 members (excludes halogenated alkanes) is 9. The highest BCUT2D eigenvalue weighted by atomic mass is 16.5. The lowest BCUT2D eigenvalue weighted by Gasteiger charge is -2.28. The number of hydrogen-bond donors (Lipinski definition) is 0. The molecule has 0 saturated carbocycles. The van der Waals surface area contributed by atoms with E-state index >= 15 is 0 Å². The van der Waals surface area contributed by atoms with Gasteiger partial charge in [0, 0.05) is 59.4 Å². The molecular weight excluding hydrogens is 576 g/mol. The maximum atomic E-state index is 6.30. The smallest absolute Gasteiger partial charge is 0.231 e. The fourth-order valence-electron chi connectivity index (χ4n) is 5.24. The molecule has 9 nitrogen and oxygen atoms in total. The third kappa shape index (κ3) is 14.9. The van der Waals surface area contributed by atoms with Crippen LogP contribution in [0.3, 0.4) is 0 Å². The van der Waals surface area contributed by atoms with Gasteiger partial charge in [0.05, 0.1) is 19.3 Å². The highest BCUT2D eigenvalue weighted by molar-refractivity contribution is 5.45. The fraction of sp³-hybridized carbons (Fsp3) is 0.811. The molecule has 264 valence electrons. The number of aromatic nitrogens is 3. The van der Waals surface area contributed by atoms with Crippen molar-refractivity contribution < 1.29 is 14.2 Å². The summed E-state index contributed by atoms with van der Waals surface area (Å²) in [7, 11) is 6.27. The summed E-state index contributed by atoms with van der Waals surface area (Å²) in [5, 5.41) is 0. The topological polar surface area (TPSA) is 76.1 Å². The standard InChI is InChI=1S/C37H68N6O3/c1-9-13-23-41(6)35-38-36(42(7)24-14-10-2)40-37(39-35)43(8)25-21-19-17-18-20-22-28-46-34-30-32(44-26-15-11-3)29-33(31(34)5)45-27-16-12-4/h29-31,33H,9-28H2,1-8H3. The molecule has 0 aliphatic heterocycles. The minimum absolute atomic E-state index is 0.0148. The summed E-state index contributed by atoms with van der Waals surface area (Å²) in [5.74, 6) is 4.39. The summed E-state index contributed by atoms with van der Waals surface area (Å²) in [5.41, 5.74) is 0. The first kappa shape index (κ1) is 39.6. The molecule has 0 bridgehead atoms. The number of nitrogens with zero attached hydrogens (tertiary/aromatic N) is 6. The summed E-state index contributed by atoms with van der Waals surface area (Å²) >= 11 is 0. The van der Waals surface area contributed by atoms with Crippen molar-refractivity contribution in [1.29, 1.82) is 0 Å². The second-order valence-electron chi connectivity index (χ2n) is 13.0. The van der Waals surface area contributed by atoms with Crippen LogP contribution in [0, 0.1) is 5.92 Å². The lowest BCUT2D eigenvalue weighted by molar-refractivity contribution is 0.0289.